The minimum Gasteiger partial charge on any atom is -0.387 e. The van der Waals surface area contributed by atoms with Crippen molar-refractivity contribution in [2.75, 3.05) is 13.1 Å². The fourth-order valence-electron chi connectivity index (χ4n) is 1.68. The molecule has 0 heterocycles. The second-order valence-corrected chi connectivity index (χ2v) is 5.23. The fraction of sp³-hybridized carbons (Fsp3) is 0.462. The van der Waals surface area contributed by atoms with E-state index in [4.69, 9.17) is 11.1 Å². The van der Waals surface area contributed by atoms with Crippen molar-refractivity contribution in [1.29, 1.82) is 5.41 Å². The highest BCUT2D eigenvalue weighted by molar-refractivity contribution is 9.10. The first-order valence-corrected chi connectivity index (χ1v) is 6.63. The topological polar surface area (TPSA) is 53.1 Å². The Bertz CT molecular complexity index is 379. The second kappa shape index (κ2) is 6.77. The molecule has 0 saturated carbocycles. The van der Waals surface area contributed by atoms with E-state index in [9.17, 15) is 0 Å². The summed E-state index contributed by atoms with van der Waals surface area (Å²) in [5, 5.41) is 7.43. The van der Waals surface area contributed by atoms with Gasteiger partial charge < -0.3 is 5.73 Å². The number of hydrogen-bond donors (Lipinski definition) is 2. The largest absolute Gasteiger partial charge is 0.387 e. The first kappa shape index (κ1) is 14.2. The van der Waals surface area contributed by atoms with E-state index in [1.165, 1.54) is 5.56 Å². The molecular weight excluding hydrogens is 278 g/mol. The van der Waals surface area contributed by atoms with Crippen LogP contribution in [0.1, 0.15) is 19.4 Å². The van der Waals surface area contributed by atoms with Crippen molar-refractivity contribution >= 4 is 21.8 Å². The molecule has 1 unspecified atom stereocenters. The van der Waals surface area contributed by atoms with Gasteiger partial charge in [-0.2, -0.15) is 0 Å². The van der Waals surface area contributed by atoms with Gasteiger partial charge in [-0.25, -0.2) is 0 Å². The average Bonchev–Trinajstić information content (AvgIpc) is 2.27. The van der Waals surface area contributed by atoms with Crippen molar-refractivity contribution in [3.63, 3.8) is 0 Å². The lowest BCUT2D eigenvalue weighted by Crippen LogP contribution is -2.34. The van der Waals surface area contributed by atoms with Crippen LogP contribution in [0.25, 0.3) is 0 Å². The second-order valence-electron chi connectivity index (χ2n) is 4.31. The number of hydrogen-bond acceptors (Lipinski definition) is 2. The summed E-state index contributed by atoms with van der Waals surface area (Å²) in [5.41, 5.74) is 6.78. The smallest absolute Gasteiger partial charge is 0.0947 e. The minimum atomic E-state index is 0.113. The van der Waals surface area contributed by atoms with Gasteiger partial charge in [-0.3, -0.25) is 10.3 Å². The van der Waals surface area contributed by atoms with Crippen molar-refractivity contribution in [3.05, 3.63) is 34.3 Å². The Hall–Kier alpha value is -0.870. The highest BCUT2D eigenvalue weighted by atomic mass is 79.9. The van der Waals surface area contributed by atoms with Crippen LogP contribution in [0.3, 0.4) is 0 Å². The molecule has 0 radical (unpaired) electrons. The van der Waals surface area contributed by atoms with Crippen molar-refractivity contribution < 1.29 is 0 Å². The van der Waals surface area contributed by atoms with Gasteiger partial charge in [-0.15, -0.1) is 0 Å². The number of nitrogens with one attached hydrogen (secondary N) is 1. The van der Waals surface area contributed by atoms with Gasteiger partial charge in [0.1, 0.15) is 0 Å². The van der Waals surface area contributed by atoms with Crippen molar-refractivity contribution in [2.45, 2.75) is 20.4 Å². The monoisotopic (exact) mass is 297 g/mol. The first-order valence-electron chi connectivity index (χ1n) is 5.83. The molecule has 0 aromatic heterocycles. The van der Waals surface area contributed by atoms with E-state index in [2.05, 4.69) is 39.9 Å². The summed E-state index contributed by atoms with van der Waals surface area (Å²) < 4.78 is 1.10. The van der Waals surface area contributed by atoms with E-state index < -0.39 is 0 Å². The van der Waals surface area contributed by atoms with Crippen LogP contribution < -0.4 is 5.73 Å². The number of rotatable bonds is 6. The van der Waals surface area contributed by atoms with Crippen molar-refractivity contribution in [3.8, 4) is 0 Å². The molecule has 0 saturated heterocycles. The summed E-state index contributed by atoms with van der Waals surface area (Å²) in [6, 6.07) is 8.31. The molecule has 1 aromatic carbocycles. The van der Waals surface area contributed by atoms with E-state index in [1.54, 1.807) is 0 Å². The molecular formula is C13H20BrN3. The van der Waals surface area contributed by atoms with Gasteiger partial charge >= 0.3 is 0 Å². The third-order valence-corrected chi connectivity index (χ3v) is 3.30. The molecule has 0 bridgehead atoms. The van der Waals surface area contributed by atoms with Crippen LogP contribution in [-0.4, -0.2) is 23.8 Å². The van der Waals surface area contributed by atoms with Crippen molar-refractivity contribution in [2.24, 2.45) is 11.7 Å². The molecule has 1 rings (SSSR count). The number of halogens is 1. The lowest BCUT2D eigenvalue weighted by atomic mass is 10.1. The normalized spacial score (nSPS) is 12.7. The van der Waals surface area contributed by atoms with Crippen LogP contribution in [0.15, 0.2) is 28.7 Å². The Balaban J connectivity index is 2.61. The molecule has 17 heavy (non-hydrogen) atoms. The van der Waals surface area contributed by atoms with E-state index in [0.29, 0.717) is 0 Å². The van der Waals surface area contributed by atoms with Crippen LogP contribution in [0.4, 0.5) is 0 Å². The molecule has 0 aliphatic rings. The maximum atomic E-state index is 7.43. The highest BCUT2D eigenvalue weighted by Gasteiger charge is 2.11. The van der Waals surface area contributed by atoms with E-state index in [-0.39, 0.29) is 11.8 Å². The number of benzene rings is 1. The number of nitrogens with two attached hydrogens (primary N) is 1. The Morgan fingerprint density at radius 1 is 1.53 bits per heavy atom. The number of nitrogens with zero attached hydrogens (tertiary/aromatic N) is 1. The van der Waals surface area contributed by atoms with Gasteiger partial charge in [0, 0.05) is 23.5 Å². The Labute approximate surface area is 112 Å². The molecule has 0 aliphatic carbocycles. The first-order chi connectivity index (χ1) is 8.02. The average molecular weight is 298 g/mol. The molecule has 0 aliphatic heterocycles. The van der Waals surface area contributed by atoms with E-state index in [0.717, 1.165) is 24.1 Å². The molecule has 1 atom stereocenters. The fourth-order valence-corrected chi connectivity index (χ4v) is 2.13. The van der Waals surface area contributed by atoms with Crippen LogP contribution >= 0.6 is 15.9 Å². The third-order valence-electron chi connectivity index (χ3n) is 2.81. The van der Waals surface area contributed by atoms with Gasteiger partial charge in [0.25, 0.3) is 0 Å². The SMILES string of the molecule is CCN(Cc1cccc(Br)c1)CC(C)C(=N)N. The van der Waals surface area contributed by atoms with Crippen LogP contribution in [0.2, 0.25) is 0 Å². The van der Waals surface area contributed by atoms with Crippen LogP contribution in [0, 0.1) is 11.3 Å². The summed E-state index contributed by atoms with van der Waals surface area (Å²) in [4.78, 5) is 2.30. The molecule has 0 spiro atoms. The quantitative estimate of drug-likeness (QED) is 0.627. The Kier molecular flexibility index (Phi) is 5.65. The zero-order chi connectivity index (χ0) is 12.8. The lowest BCUT2D eigenvalue weighted by Gasteiger charge is -2.23. The predicted octanol–water partition coefficient (Wildman–Crippen LogP) is 2.84. The highest BCUT2D eigenvalue weighted by Crippen LogP contribution is 2.14. The zero-order valence-corrected chi connectivity index (χ0v) is 12.0. The molecule has 1 aromatic rings. The zero-order valence-electron chi connectivity index (χ0n) is 10.4. The molecule has 4 heteroatoms. The maximum absolute atomic E-state index is 7.43. The van der Waals surface area contributed by atoms with Crippen LogP contribution in [0.5, 0.6) is 0 Å². The van der Waals surface area contributed by atoms with E-state index >= 15 is 0 Å². The molecule has 0 fully saturated rings. The van der Waals surface area contributed by atoms with E-state index in [1.807, 2.05) is 19.1 Å². The Morgan fingerprint density at radius 3 is 2.76 bits per heavy atom. The van der Waals surface area contributed by atoms with Gasteiger partial charge in [-0.05, 0) is 24.2 Å². The standard InChI is InChI=1S/C13H20BrN3/c1-3-17(8-10(2)13(15)16)9-11-5-4-6-12(14)7-11/h4-7,10H,3,8-9H2,1-2H3,(H3,15,16). The Morgan fingerprint density at radius 2 is 2.24 bits per heavy atom. The summed E-state index contributed by atoms with van der Waals surface area (Å²) in [6.45, 7) is 6.81. The molecule has 0 amide bonds. The summed E-state index contributed by atoms with van der Waals surface area (Å²) in [5.74, 6) is 0.375. The third kappa shape index (κ3) is 4.88. The van der Waals surface area contributed by atoms with Gasteiger partial charge in [0.2, 0.25) is 0 Å². The van der Waals surface area contributed by atoms with Gasteiger partial charge in [0.15, 0.2) is 0 Å². The molecule has 3 nitrogen and oxygen atoms in total. The number of amidine groups is 1. The van der Waals surface area contributed by atoms with Gasteiger partial charge in [-0.1, -0.05) is 41.9 Å². The lowest BCUT2D eigenvalue weighted by molar-refractivity contribution is 0.263. The molecule has 3 N–H and O–H groups in total. The predicted molar refractivity (Wildman–Crippen MR) is 76.2 cm³/mol. The summed E-state index contributed by atoms with van der Waals surface area (Å²) in [6.07, 6.45) is 0. The van der Waals surface area contributed by atoms with Gasteiger partial charge in [0.05, 0.1) is 5.84 Å². The summed E-state index contributed by atoms with van der Waals surface area (Å²) in [7, 11) is 0. The van der Waals surface area contributed by atoms with Crippen molar-refractivity contribution in [1.82, 2.24) is 4.90 Å². The van der Waals surface area contributed by atoms with Crippen LogP contribution in [-0.2, 0) is 6.54 Å². The summed E-state index contributed by atoms with van der Waals surface area (Å²) >= 11 is 3.48. The maximum Gasteiger partial charge on any atom is 0.0947 e. The minimum absolute atomic E-state index is 0.113. The molecule has 94 valence electrons.